The number of carbonyl (C=O) groups is 2. The summed E-state index contributed by atoms with van der Waals surface area (Å²) in [4.78, 5) is 23.5. The molecule has 4 atom stereocenters. The molecule has 24 heavy (non-hydrogen) atoms. The second kappa shape index (κ2) is 6.29. The summed E-state index contributed by atoms with van der Waals surface area (Å²) in [6, 6.07) is 0. The van der Waals surface area contributed by atoms with E-state index in [-0.39, 0.29) is 34.9 Å². The Morgan fingerprint density at radius 1 is 1.29 bits per heavy atom. The molecule has 2 rings (SSSR count). The highest BCUT2D eigenvalue weighted by Crippen LogP contribution is 2.59. The lowest BCUT2D eigenvalue weighted by molar-refractivity contribution is -0.147. The van der Waals surface area contributed by atoms with Gasteiger partial charge in [-0.2, -0.15) is 0 Å². The first-order chi connectivity index (χ1) is 10.9. The van der Waals surface area contributed by atoms with Gasteiger partial charge in [0.2, 0.25) is 0 Å². The van der Waals surface area contributed by atoms with E-state index < -0.39 is 11.6 Å². The fourth-order valence-corrected chi connectivity index (χ4v) is 5.18. The van der Waals surface area contributed by atoms with E-state index in [2.05, 4.69) is 20.8 Å². The molecule has 2 aliphatic rings. The van der Waals surface area contributed by atoms with E-state index >= 15 is 0 Å². The van der Waals surface area contributed by atoms with E-state index in [4.69, 9.17) is 5.11 Å². The van der Waals surface area contributed by atoms with Crippen LogP contribution in [-0.2, 0) is 9.59 Å². The zero-order chi connectivity index (χ0) is 18.3. The number of ketones is 1. The van der Waals surface area contributed by atoms with Crippen LogP contribution in [0.4, 0.5) is 0 Å². The number of fused-ring (bicyclic) bond motifs is 1. The smallest absolute Gasteiger partial charge is 0.303 e. The molecule has 0 spiro atoms. The molecule has 0 aromatic rings. The van der Waals surface area contributed by atoms with Crippen molar-refractivity contribution < 1.29 is 19.8 Å². The third-order valence-corrected chi connectivity index (χ3v) is 6.54. The number of carboxylic acid groups (broad SMARTS) is 1. The lowest BCUT2D eigenvalue weighted by atomic mass is 9.49. The highest BCUT2D eigenvalue weighted by Gasteiger charge is 2.56. The van der Waals surface area contributed by atoms with Crippen LogP contribution in [0.1, 0.15) is 73.1 Å². The van der Waals surface area contributed by atoms with Crippen molar-refractivity contribution in [3.8, 4) is 0 Å². The molecule has 4 unspecified atom stereocenters. The Hall–Kier alpha value is -1.16. The minimum atomic E-state index is -1.37. The molecule has 136 valence electrons. The number of aliphatic hydroxyl groups is 1. The van der Waals surface area contributed by atoms with Gasteiger partial charge in [-0.15, -0.1) is 0 Å². The Kier molecular flexibility index (Phi) is 5.02. The van der Waals surface area contributed by atoms with Crippen molar-refractivity contribution in [3.63, 3.8) is 0 Å². The molecule has 2 aliphatic carbocycles. The van der Waals surface area contributed by atoms with Gasteiger partial charge < -0.3 is 10.2 Å². The van der Waals surface area contributed by atoms with E-state index in [0.29, 0.717) is 12.8 Å². The van der Waals surface area contributed by atoms with Crippen molar-refractivity contribution in [2.75, 3.05) is 0 Å². The second-order valence-corrected chi connectivity index (χ2v) is 9.06. The van der Waals surface area contributed by atoms with Crippen LogP contribution in [0, 0.1) is 22.7 Å². The molecular formula is C20H32O4. The van der Waals surface area contributed by atoms with Crippen LogP contribution >= 0.6 is 0 Å². The number of rotatable bonds is 5. The normalized spacial score (nSPS) is 36.7. The zero-order valence-electron chi connectivity index (χ0n) is 15.7. The molecule has 0 aromatic carbocycles. The summed E-state index contributed by atoms with van der Waals surface area (Å²) in [5.74, 6) is -1.10. The fourth-order valence-electron chi connectivity index (χ4n) is 5.18. The summed E-state index contributed by atoms with van der Waals surface area (Å²) in [5, 5.41) is 19.9. The van der Waals surface area contributed by atoms with Crippen molar-refractivity contribution in [1.29, 1.82) is 0 Å². The quantitative estimate of drug-likeness (QED) is 0.796. The van der Waals surface area contributed by atoms with Gasteiger partial charge in [-0.05, 0) is 55.4 Å². The van der Waals surface area contributed by atoms with Crippen molar-refractivity contribution in [3.05, 3.63) is 11.6 Å². The standard InChI is InChI=1S/C20H32O4/c1-13(11-17(22)23)7-8-14-19(4)10-6-9-18(2,3)15(19)12-16(21)20(14,5)24/h12-14,24H,6-11H2,1-5H3,(H,22,23). The highest BCUT2D eigenvalue weighted by atomic mass is 16.4. The molecular weight excluding hydrogens is 304 g/mol. The van der Waals surface area contributed by atoms with Crippen molar-refractivity contribution in [2.24, 2.45) is 22.7 Å². The third kappa shape index (κ3) is 3.30. The molecule has 0 radical (unpaired) electrons. The predicted molar refractivity (Wildman–Crippen MR) is 93.6 cm³/mol. The lowest BCUT2D eigenvalue weighted by Crippen LogP contribution is -2.56. The zero-order valence-corrected chi connectivity index (χ0v) is 15.7. The first kappa shape index (κ1) is 19.2. The Morgan fingerprint density at radius 3 is 2.50 bits per heavy atom. The SMILES string of the molecule is CC(CCC1C(C)(O)C(=O)C=C2C(C)(C)CCCC21C)CC(=O)O. The van der Waals surface area contributed by atoms with Gasteiger partial charge in [0.25, 0.3) is 0 Å². The van der Waals surface area contributed by atoms with E-state index in [9.17, 15) is 14.7 Å². The third-order valence-electron chi connectivity index (χ3n) is 6.54. The average Bonchev–Trinajstić information content (AvgIpc) is 2.40. The molecule has 0 saturated heterocycles. The molecule has 2 N–H and O–H groups in total. The van der Waals surface area contributed by atoms with Gasteiger partial charge in [0.15, 0.2) is 5.78 Å². The minimum absolute atomic E-state index is 0.0237. The molecule has 0 aliphatic heterocycles. The Balaban J connectivity index is 2.32. The van der Waals surface area contributed by atoms with Gasteiger partial charge in [0.05, 0.1) is 0 Å². The summed E-state index contributed by atoms with van der Waals surface area (Å²) in [7, 11) is 0. The summed E-state index contributed by atoms with van der Waals surface area (Å²) in [5.41, 5.74) is -0.408. The van der Waals surface area contributed by atoms with Crippen molar-refractivity contribution in [2.45, 2.75) is 78.7 Å². The first-order valence-corrected chi connectivity index (χ1v) is 9.12. The van der Waals surface area contributed by atoms with Gasteiger partial charge in [-0.3, -0.25) is 9.59 Å². The highest BCUT2D eigenvalue weighted by molar-refractivity contribution is 5.99. The molecule has 1 fully saturated rings. The van der Waals surface area contributed by atoms with Crippen LogP contribution in [0.3, 0.4) is 0 Å². The van der Waals surface area contributed by atoms with Crippen LogP contribution in [-0.4, -0.2) is 27.6 Å². The average molecular weight is 336 g/mol. The number of carbonyl (C=O) groups excluding carboxylic acids is 1. The molecule has 0 bridgehead atoms. The van der Waals surface area contributed by atoms with Gasteiger partial charge >= 0.3 is 5.97 Å². The van der Waals surface area contributed by atoms with Crippen LogP contribution in [0.15, 0.2) is 11.6 Å². The monoisotopic (exact) mass is 336 g/mol. The maximum absolute atomic E-state index is 12.6. The largest absolute Gasteiger partial charge is 0.481 e. The van der Waals surface area contributed by atoms with Crippen molar-refractivity contribution in [1.82, 2.24) is 0 Å². The topological polar surface area (TPSA) is 74.6 Å². The molecule has 4 nitrogen and oxygen atoms in total. The number of aliphatic carboxylic acids is 1. The summed E-state index contributed by atoms with van der Waals surface area (Å²) in [6.07, 6.45) is 6.35. The number of hydrogen-bond acceptors (Lipinski definition) is 3. The van der Waals surface area contributed by atoms with E-state index in [1.807, 2.05) is 6.92 Å². The van der Waals surface area contributed by atoms with E-state index in [0.717, 1.165) is 19.3 Å². The van der Waals surface area contributed by atoms with Gasteiger partial charge in [0.1, 0.15) is 5.60 Å². The minimum Gasteiger partial charge on any atom is -0.481 e. The number of hydrogen-bond donors (Lipinski definition) is 2. The maximum Gasteiger partial charge on any atom is 0.303 e. The van der Waals surface area contributed by atoms with Crippen LogP contribution in [0.5, 0.6) is 0 Å². The second-order valence-electron chi connectivity index (χ2n) is 9.06. The Labute approximate surface area is 145 Å². The molecule has 4 heteroatoms. The van der Waals surface area contributed by atoms with Crippen LogP contribution in [0.2, 0.25) is 0 Å². The molecule has 0 amide bonds. The van der Waals surface area contributed by atoms with Crippen LogP contribution in [0.25, 0.3) is 0 Å². The van der Waals surface area contributed by atoms with Crippen LogP contribution < -0.4 is 0 Å². The van der Waals surface area contributed by atoms with E-state index in [1.54, 1.807) is 13.0 Å². The Morgan fingerprint density at radius 2 is 1.92 bits per heavy atom. The Bertz CT molecular complexity index is 558. The first-order valence-electron chi connectivity index (χ1n) is 9.12. The number of allylic oxidation sites excluding steroid dienone is 1. The van der Waals surface area contributed by atoms with Gasteiger partial charge in [-0.1, -0.05) is 39.7 Å². The van der Waals surface area contributed by atoms with Gasteiger partial charge in [-0.25, -0.2) is 0 Å². The van der Waals surface area contributed by atoms with Gasteiger partial charge in [0, 0.05) is 12.3 Å². The van der Waals surface area contributed by atoms with E-state index in [1.165, 1.54) is 5.57 Å². The molecule has 1 saturated carbocycles. The summed E-state index contributed by atoms with van der Waals surface area (Å²) in [6.45, 7) is 10.1. The summed E-state index contributed by atoms with van der Waals surface area (Å²) >= 11 is 0. The lowest BCUT2D eigenvalue weighted by Gasteiger charge is -2.56. The predicted octanol–water partition coefficient (Wildman–Crippen LogP) is 3.97. The molecule has 0 heterocycles. The fraction of sp³-hybridized carbons (Fsp3) is 0.800. The molecule has 0 aromatic heterocycles. The summed E-state index contributed by atoms with van der Waals surface area (Å²) < 4.78 is 0. The van der Waals surface area contributed by atoms with Crippen molar-refractivity contribution >= 4 is 11.8 Å². The number of carboxylic acids is 1. The maximum atomic E-state index is 12.6.